The van der Waals surface area contributed by atoms with Gasteiger partial charge in [0.25, 0.3) is 5.91 Å². The average molecular weight is 329 g/mol. The summed E-state index contributed by atoms with van der Waals surface area (Å²) in [6, 6.07) is 3.62. The summed E-state index contributed by atoms with van der Waals surface area (Å²) in [7, 11) is 1.50. The fourth-order valence-corrected chi connectivity index (χ4v) is 2.84. The van der Waals surface area contributed by atoms with E-state index >= 15 is 0 Å². The number of nitrogens with zero attached hydrogens (tertiary/aromatic N) is 2. The predicted molar refractivity (Wildman–Crippen MR) is 88.0 cm³/mol. The molecule has 0 aliphatic rings. The largest absolute Gasteiger partial charge is 0.480 e. The Morgan fingerprint density at radius 1 is 1.39 bits per heavy atom. The highest BCUT2D eigenvalue weighted by Gasteiger charge is 2.18. The Bertz CT molecular complexity index is 840. The molecule has 0 bridgehead atoms. The number of anilines is 1. The van der Waals surface area contributed by atoms with Crippen molar-refractivity contribution in [3.63, 3.8) is 0 Å². The molecule has 0 fully saturated rings. The van der Waals surface area contributed by atoms with E-state index < -0.39 is 0 Å². The van der Waals surface area contributed by atoms with Gasteiger partial charge in [0, 0.05) is 10.9 Å². The van der Waals surface area contributed by atoms with Gasteiger partial charge in [0.2, 0.25) is 5.88 Å². The standard InChI is InChI=1S/C16H15N3O3S/c1-9-6-12(10(2)22-9)16(20)19-15-14(11-4-5-23-8-11)17-7-13(18-15)21-3/h4-8H,1-3H3,(H,18,19,20). The number of rotatable bonds is 4. The summed E-state index contributed by atoms with van der Waals surface area (Å²) in [6.07, 6.45) is 1.52. The second-order valence-electron chi connectivity index (χ2n) is 4.90. The zero-order valence-electron chi connectivity index (χ0n) is 12.9. The molecule has 3 aromatic rings. The molecular weight excluding hydrogens is 314 g/mol. The Morgan fingerprint density at radius 3 is 2.83 bits per heavy atom. The van der Waals surface area contributed by atoms with Crippen molar-refractivity contribution >= 4 is 23.1 Å². The molecule has 0 saturated carbocycles. The maximum atomic E-state index is 12.5. The van der Waals surface area contributed by atoms with Crippen LogP contribution in [0, 0.1) is 13.8 Å². The maximum absolute atomic E-state index is 12.5. The number of nitrogens with one attached hydrogen (secondary N) is 1. The number of hydrogen-bond donors (Lipinski definition) is 1. The van der Waals surface area contributed by atoms with Crippen molar-refractivity contribution in [1.82, 2.24) is 9.97 Å². The first-order chi connectivity index (χ1) is 11.1. The maximum Gasteiger partial charge on any atom is 0.260 e. The molecule has 0 unspecified atom stereocenters. The lowest BCUT2D eigenvalue weighted by Gasteiger charge is -2.09. The van der Waals surface area contributed by atoms with Gasteiger partial charge in [-0.1, -0.05) is 0 Å². The Morgan fingerprint density at radius 2 is 2.22 bits per heavy atom. The van der Waals surface area contributed by atoms with Gasteiger partial charge in [-0.3, -0.25) is 4.79 Å². The molecule has 118 valence electrons. The van der Waals surface area contributed by atoms with Crippen LogP contribution in [0.2, 0.25) is 0 Å². The first kappa shape index (κ1) is 15.2. The normalized spacial score (nSPS) is 10.6. The van der Waals surface area contributed by atoms with Gasteiger partial charge >= 0.3 is 0 Å². The Hall–Kier alpha value is -2.67. The van der Waals surface area contributed by atoms with Gasteiger partial charge in [-0.25, -0.2) is 4.98 Å². The number of aromatic nitrogens is 2. The quantitative estimate of drug-likeness (QED) is 0.790. The van der Waals surface area contributed by atoms with Crippen LogP contribution in [0.5, 0.6) is 5.88 Å². The monoisotopic (exact) mass is 329 g/mol. The predicted octanol–water partition coefficient (Wildman–Crippen LogP) is 3.68. The minimum atomic E-state index is -0.293. The van der Waals surface area contributed by atoms with Crippen molar-refractivity contribution in [2.24, 2.45) is 0 Å². The molecule has 3 aromatic heterocycles. The van der Waals surface area contributed by atoms with Gasteiger partial charge in [-0.05, 0) is 31.4 Å². The summed E-state index contributed by atoms with van der Waals surface area (Å²) in [4.78, 5) is 21.1. The molecule has 3 heterocycles. The molecule has 7 heteroatoms. The van der Waals surface area contributed by atoms with Crippen LogP contribution in [0.4, 0.5) is 5.82 Å². The molecule has 1 N–H and O–H groups in total. The van der Waals surface area contributed by atoms with Crippen LogP contribution >= 0.6 is 11.3 Å². The highest BCUT2D eigenvalue weighted by atomic mass is 32.1. The zero-order chi connectivity index (χ0) is 16.4. The molecule has 0 spiro atoms. The summed E-state index contributed by atoms with van der Waals surface area (Å²) < 4.78 is 10.5. The molecule has 0 aliphatic heterocycles. The molecule has 0 atom stereocenters. The van der Waals surface area contributed by atoms with Crippen molar-refractivity contribution in [2.45, 2.75) is 13.8 Å². The van der Waals surface area contributed by atoms with E-state index in [1.54, 1.807) is 31.3 Å². The number of thiophene rings is 1. The summed E-state index contributed by atoms with van der Waals surface area (Å²) >= 11 is 1.55. The summed E-state index contributed by atoms with van der Waals surface area (Å²) in [5.74, 6) is 1.64. The molecule has 1 amide bonds. The minimum absolute atomic E-state index is 0.293. The van der Waals surface area contributed by atoms with E-state index in [2.05, 4.69) is 15.3 Å². The van der Waals surface area contributed by atoms with E-state index in [9.17, 15) is 4.79 Å². The van der Waals surface area contributed by atoms with E-state index in [0.717, 1.165) is 5.56 Å². The average Bonchev–Trinajstić information content (AvgIpc) is 3.16. The number of furan rings is 1. The number of aryl methyl sites for hydroxylation is 2. The fraction of sp³-hybridized carbons (Fsp3) is 0.188. The number of amides is 1. The third-order valence-corrected chi connectivity index (χ3v) is 3.95. The number of methoxy groups -OCH3 is 1. The lowest BCUT2D eigenvalue weighted by molar-refractivity contribution is 0.102. The highest BCUT2D eigenvalue weighted by Crippen LogP contribution is 2.28. The lowest BCUT2D eigenvalue weighted by atomic mass is 10.2. The second kappa shape index (κ2) is 6.21. The van der Waals surface area contributed by atoms with Crippen molar-refractivity contribution in [1.29, 1.82) is 0 Å². The molecule has 0 saturated heterocycles. The van der Waals surface area contributed by atoms with Crippen LogP contribution < -0.4 is 10.1 Å². The van der Waals surface area contributed by atoms with Crippen LogP contribution in [0.1, 0.15) is 21.9 Å². The third-order valence-electron chi connectivity index (χ3n) is 3.27. The summed E-state index contributed by atoms with van der Waals surface area (Å²) in [6.45, 7) is 3.55. The molecule has 0 radical (unpaired) electrons. The smallest absolute Gasteiger partial charge is 0.260 e. The fourth-order valence-electron chi connectivity index (χ4n) is 2.20. The Kier molecular flexibility index (Phi) is 4.12. The van der Waals surface area contributed by atoms with Gasteiger partial charge in [0.05, 0.1) is 18.9 Å². The minimum Gasteiger partial charge on any atom is -0.480 e. The summed E-state index contributed by atoms with van der Waals surface area (Å²) in [5.41, 5.74) is 1.96. The first-order valence-electron chi connectivity index (χ1n) is 6.90. The molecule has 6 nitrogen and oxygen atoms in total. The van der Waals surface area contributed by atoms with Crippen LogP contribution in [0.25, 0.3) is 11.3 Å². The molecule has 0 aromatic carbocycles. The van der Waals surface area contributed by atoms with Crippen LogP contribution in [-0.2, 0) is 0 Å². The number of carbonyl (C=O) groups is 1. The SMILES string of the molecule is COc1cnc(-c2ccsc2)c(NC(=O)c2cc(C)oc2C)n1. The van der Waals surface area contributed by atoms with Gasteiger partial charge < -0.3 is 14.5 Å². The van der Waals surface area contributed by atoms with Crippen molar-refractivity contribution < 1.29 is 13.9 Å². The molecule has 23 heavy (non-hydrogen) atoms. The number of ether oxygens (including phenoxy) is 1. The zero-order valence-corrected chi connectivity index (χ0v) is 13.7. The van der Waals surface area contributed by atoms with Gasteiger partial charge in [0.15, 0.2) is 5.82 Å². The molecule has 0 aliphatic carbocycles. The van der Waals surface area contributed by atoms with Crippen LogP contribution in [-0.4, -0.2) is 23.0 Å². The van der Waals surface area contributed by atoms with Crippen molar-refractivity contribution in [3.05, 3.63) is 46.2 Å². The van der Waals surface area contributed by atoms with Gasteiger partial charge in [-0.15, -0.1) is 0 Å². The number of carbonyl (C=O) groups excluding carboxylic acids is 1. The van der Waals surface area contributed by atoms with E-state index in [0.29, 0.717) is 34.5 Å². The molecule has 3 rings (SSSR count). The van der Waals surface area contributed by atoms with E-state index in [1.165, 1.54) is 13.3 Å². The van der Waals surface area contributed by atoms with Crippen molar-refractivity contribution in [3.8, 4) is 17.1 Å². The van der Waals surface area contributed by atoms with E-state index in [-0.39, 0.29) is 5.91 Å². The van der Waals surface area contributed by atoms with Crippen LogP contribution in [0.3, 0.4) is 0 Å². The molecular formula is C16H15N3O3S. The van der Waals surface area contributed by atoms with Crippen LogP contribution in [0.15, 0.2) is 33.5 Å². The lowest BCUT2D eigenvalue weighted by Crippen LogP contribution is -2.15. The second-order valence-corrected chi connectivity index (χ2v) is 5.68. The van der Waals surface area contributed by atoms with Gasteiger partial charge in [0.1, 0.15) is 17.2 Å². The van der Waals surface area contributed by atoms with E-state index in [1.807, 2.05) is 16.8 Å². The first-order valence-corrected chi connectivity index (χ1v) is 7.84. The third kappa shape index (κ3) is 3.09. The summed E-state index contributed by atoms with van der Waals surface area (Å²) in [5, 5.41) is 6.68. The van der Waals surface area contributed by atoms with Gasteiger partial charge in [-0.2, -0.15) is 16.3 Å². The Balaban J connectivity index is 1.98. The Labute approximate surface area is 137 Å². The highest BCUT2D eigenvalue weighted by molar-refractivity contribution is 7.08. The number of hydrogen-bond acceptors (Lipinski definition) is 6. The topological polar surface area (TPSA) is 77.2 Å². The van der Waals surface area contributed by atoms with E-state index in [4.69, 9.17) is 9.15 Å². The van der Waals surface area contributed by atoms with Crippen molar-refractivity contribution in [2.75, 3.05) is 12.4 Å².